The molecule has 218 valence electrons. The fraction of sp³-hybridized carbons (Fsp3) is 0.367. The molecule has 3 heterocycles. The van der Waals surface area contributed by atoms with Crippen LogP contribution >= 0.6 is 0 Å². The van der Waals surface area contributed by atoms with Crippen LogP contribution in [0, 0.1) is 0 Å². The Morgan fingerprint density at radius 2 is 1.45 bits per heavy atom. The Labute approximate surface area is 240 Å². The van der Waals surface area contributed by atoms with Crippen molar-refractivity contribution < 1.29 is 47.8 Å². The fourth-order valence-corrected chi connectivity index (χ4v) is 6.14. The highest BCUT2D eigenvalue weighted by molar-refractivity contribution is 6.39. The number of rotatable bonds is 5. The molecule has 0 aromatic heterocycles. The average Bonchev–Trinajstić information content (AvgIpc) is 2.96. The number of carbonyl (C=O) groups is 7. The Hall–Kier alpha value is -4.71. The molecule has 0 spiro atoms. The molecule has 12 heteroatoms. The van der Waals surface area contributed by atoms with E-state index in [4.69, 9.17) is 14.2 Å². The lowest BCUT2D eigenvalue weighted by molar-refractivity contribution is -0.152. The Balaban J connectivity index is 1.76. The molecule has 42 heavy (non-hydrogen) atoms. The molecule has 0 saturated carbocycles. The third kappa shape index (κ3) is 3.67. The molecule has 5 aliphatic rings. The fourth-order valence-electron chi connectivity index (χ4n) is 6.14. The van der Waals surface area contributed by atoms with E-state index in [1.54, 1.807) is 6.92 Å². The first kappa shape index (κ1) is 28.8. The van der Waals surface area contributed by atoms with E-state index in [1.165, 1.54) is 59.1 Å². The number of Topliss-reactive ketones (excluding diaryl/α,β-unsaturated/α-hetero) is 5. The third-order valence-electron chi connectivity index (χ3n) is 8.38. The Morgan fingerprint density at radius 1 is 0.881 bits per heavy atom. The lowest BCUT2D eigenvalue weighted by atomic mass is 9.72. The highest BCUT2D eigenvalue weighted by atomic mass is 16.5. The van der Waals surface area contributed by atoms with Gasteiger partial charge in [0.2, 0.25) is 11.6 Å². The van der Waals surface area contributed by atoms with Gasteiger partial charge in [-0.1, -0.05) is 6.08 Å². The summed E-state index contributed by atoms with van der Waals surface area (Å²) in [5, 5.41) is 0. The van der Waals surface area contributed by atoms with E-state index in [1.807, 2.05) is 0 Å². The summed E-state index contributed by atoms with van der Waals surface area (Å²) in [6.45, 7) is 5.40. The maximum absolute atomic E-state index is 14.1. The van der Waals surface area contributed by atoms with Crippen LogP contribution in [0.4, 0.5) is 0 Å². The molecule has 2 bridgehead atoms. The van der Waals surface area contributed by atoms with E-state index in [0.29, 0.717) is 0 Å². The average molecular weight is 577 g/mol. The number of likely N-dealkylation sites (N-methyl/N-ethyl adjacent to an activating group) is 1. The number of esters is 1. The van der Waals surface area contributed by atoms with E-state index in [-0.39, 0.29) is 50.7 Å². The molecule has 0 aromatic rings. The Bertz CT molecular complexity index is 1650. The first-order valence-corrected chi connectivity index (χ1v) is 13.1. The van der Waals surface area contributed by atoms with Crippen LogP contribution in [0.5, 0.6) is 0 Å². The smallest absolute Gasteiger partial charge is 0.333 e. The number of piperazine rings is 1. The Morgan fingerprint density at radius 3 is 2.02 bits per heavy atom. The lowest BCUT2D eigenvalue weighted by Crippen LogP contribution is -2.69. The van der Waals surface area contributed by atoms with E-state index in [9.17, 15) is 33.6 Å². The van der Waals surface area contributed by atoms with Crippen LogP contribution in [-0.2, 0) is 47.8 Å². The van der Waals surface area contributed by atoms with Crippen molar-refractivity contribution in [3.05, 3.63) is 68.4 Å². The highest BCUT2D eigenvalue weighted by Crippen LogP contribution is 2.46. The summed E-state index contributed by atoms with van der Waals surface area (Å²) in [5.41, 5.74) is -0.504. The minimum atomic E-state index is -1.52. The normalized spacial score (nSPS) is 26.5. The molecule has 0 radical (unpaired) electrons. The van der Waals surface area contributed by atoms with Gasteiger partial charge in [-0.15, -0.1) is 0 Å². The molecule has 1 fully saturated rings. The molecule has 1 amide bonds. The van der Waals surface area contributed by atoms with Gasteiger partial charge >= 0.3 is 5.97 Å². The molecular formula is C30H28N2O10. The first-order chi connectivity index (χ1) is 19.8. The summed E-state index contributed by atoms with van der Waals surface area (Å²) in [6, 6.07) is -4.00. The van der Waals surface area contributed by atoms with Gasteiger partial charge in [0.25, 0.3) is 5.91 Å². The van der Waals surface area contributed by atoms with Crippen LogP contribution < -0.4 is 0 Å². The van der Waals surface area contributed by atoms with Gasteiger partial charge in [-0.3, -0.25) is 33.7 Å². The largest absolute Gasteiger partial charge is 0.492 e. The van der Waals surface area contributed by atoms with Crippen molar-refractivity contribution in [3.63, 3.8) is 0 Å². The van der Waals surface area contributed by atoms with E-state index >= 15 is 0 Å². The van der Waals surface area contributed by atoms with Crippen LogP contribution in [0.2, 0.25) is 0 Å². The summed E-state index contributed by atoms with van der Waals surface area (Å²) in [4.78, 5) is 97.3. The number of nitrogens with zero attached hydrogens (tertiary/aromatic N) is 2. The molecule has 2 aliphatic carbocycles. The summed E-state index contributed by atoms with van der Waals surface area (Å²) in [6.07, 6.45) is 2.85. The van der Waals surface area contributed by atoms with Gasteiger partial charge in [0.05, 0.1) is 25.8 Å². The predicted octanol–water partition coefficient (Wildman–Crippen LogP) is 0.593. The van der Waals surface area contributed by atoms with Crippen LogP contribution in [0.25, 0.3) is 0 Å². The van der Waals surface area contributed by atoms with Gasteiger partial charge in [0.15, 0.2) is 34.9 Å². The number of fused-ring (bicyclic) bond motifs is 5. The van der Waals surface area contributed by atoms with Crippen LogP contribution in [0.15, 0.2) is 68.4 Å². The molecular weight excluding hydrogens is 548 g/mol. The van der Waals surface area contributed by atoms with Crippen LogP contribution in [-0.4, -0.2) is 96.6 Å². The minimum absolute atomic E-state index is 0.0308. The maximum Gasteiger partial charge on any atom is 0.333 e. The van der Waals surface area contributed by atoms with Gasteiger partial charge in [0, 0.05) is 39.1 Å². The zero-order valence-electron chi connectivity index (χ0n) is 24.1. The SMILES string of the molecule is C/C=C(/C)C(=O)OC[C@H]1C2=C(C=C3C4C5=C(C(=O)C(C)=C(OC)C5=O)C(=O)C(C(=O)N31)N4C)C(=O)C(C)=C(OC)C2=O. The summed E-state index contributed by atoms with van der Waals surface area (Å²) < 4.78 is 15.9. The third-order valence-corrected chi connectivity index (χ3v) is 8.38. The van der Waals surface area contributed by atoms with Crippen molar-refractivity contribution in [1.29, 1.82) is 0 Å². The molecule has 3 aliphatic heterocycles. The number of ether oxygens (including phenoxy) is 3. The zero-order valence-corrected chi connectivity index (χ0v) is 24.1. The van der Waals surface area contributed by atoms with Gasteiger partial charge in [-0.2, -0.15) is 0 Å². The summed E-state index contributed by atoms with van der Waals surface area (Å²) in [5.74, 6) is -5.55. The minimum Gasteiger partial charge on any atom is -0.492 e. The number of hydrogen-bond donors (Lipinski definition) is 0. The second-order valence-electron chi connectivity index (χ2n) is 10.4. The van der Waals surface area contributed by atoms with Crippen molar-refractivity contribution >= 4 is 40.8 Å². The molecule has 1 saturated heterocycles. The number of amides is 1. The number of ketones is 5. The van der Waals surface area contributed by atoms with E-state index in [0.717, 1.165) is 4.90 Å². The highest BCUT2D eigenvalue weighted by Gasteiger charge is 2.60. The number of hydrogen-bond acceptors (Lipinski definition) is 11. The van der Waals surface area contributed by atoms with Crippen molar-refractivity contribution in [2.75, 3.05) is 27.9 Å². The van der Waals surface area contributed by atoms with E-state index < -0.39 is 71.1 Å². The molecule has 0 aromatic carbocycles. The number of carbonyl (C=O) groups excluding carboxylic acids is 7. The Kier molecular flexibility index (Phi) is 6.85. The van der Waals surface area contributed by atoms with Crippen molar-refractivity contribution in [2.24, 2.45) is 0 Å². The standard InChI is InChI=1S/C30H28N2O10/c1-8-11(2)30(39)42-10-16-17-14(22(33)12(3)27(40-6)25(17)36)9-15-20-18-19(23(34)13(4)28(41-7)26(18)37)24(35)21(31(20)5)29(38)32(15)16/h8-9,16,20-21H,10H2,1-7H3/b11-8-/t16-,20?,21?/m0/s1. The van der Waals surface area contributed by atoms with Gasteiger partial charge in [-0.05, 0) is 40.8 Å². The zero-order chi connectivity index (χ0) is 30.9. The van der Waals surface area contributed by atoms with Crippen molar-refractivity contribution in [3.8, 4) is 0 Å². The van der Waals surface area contributed by atoms with Crippen molar-refractivity contribution in [2.45, 2.75) is 45.8 Å². The summed E-state index contributed by atoms with van der Waals surface area (Å²) >= 11 is 0. The van der Waals surface area contributed by atoms with Crippen LogP contribution in [0.3, 0.4) is 0 Å². The molecule has 3 atom stereocenters. The maximum atomic E-state index is 14.1. The lowest BCUT2D eigenvalue weighted by Gasteiger charge is -2.53. The van der Waals surface area contributed by atoms with Crippen molar-refractivity contribution in [1.82, 2.24) is 9.80 Å². The van der Waals surface area contributed by atoms with E-state index in [2.05, 4.69) is 0 Å². The quantitative estimate of drug-likeness (QED) is 0.149. The number of allylic oxidation sites excluding steroid dienone is 7. The molecule has 0 N–H and O–H groups in total. The second-order valence-corrected chi connectivity index (χ2v) is 10.4. The molecule has 5 rings (SSSR count). The topological polar surface area (TPSA) is 154 Å². The first-order valence-electron chi connectivity index (χ1n) is 13.1. The van der Waals surface area contributed by atoms with Crippen LogP contribution in [0.1, 0.15) is 27.7 Å². The summed E-state index contributed by atoms with van der Waals surface area (Å²) in [7, 11) is 3.92. The monoisotopic (exact) mass is 576 g/mol. The van der Waals surface area contributed by atoms with Gasteiger partial charge in [-0.25, -0.2) is 4.79 Å². The van der Waals surface area contributed by atoms with Gasteiger partial charge < -0.3 is 19.1 Å². The second kappa shape index (κ2) is 9.98. The predicted molar refractivity (Wildman–Crippen MR) is 143 cm³/mol. The van der Waals surface area contributed by atoms with Gasteiger partial charge in [0.1, 0.15) is 12.6 Å². The molecule has 2 unspecified atom stereocenters. The number of methoxy groups -OCH3 is 2. The molecule has 12 nitrogen and oxygen atoms in total.